The molecule has 3 aliphatic heterocycles. The normalized spacial score (nSPS) is 26.7. The molecule has 12 nitrogen and oxygen atoms in total. The molecule has 0 unspecified atom stereocenters. The highest BCUT2D eigenvalue weighted by Crippen LogP contribution is 2.41. The number of benzene rings is 2. The lowest BCUT2D eigenvalue weighted by molar-refractivity contribution is -0.277. The number of aliphatic hydroxyl groups excluding tert-OH is 4. The zero-order valence-corrected chi connectivity index (χ0v) is 25.2. The highest BCUT2D eigenvalue weighted by atomic mass is 16.7. The Labute approximate surface area is 260 Å². The molecule has 6 rings (SSSR count). The van der Waals surface area contributed by atoms with Gasteiger partial charge in [0.25, 0.3) is 0 Å². The third-order valence-electron chi connectivity index (χ3n) is 9.29. The van der Waals surface area contributed by atoms with Gasteiger partial charge in [-0.1, -0.05) is 25.0 Å². The lowest BCUT2D eigenvalue weighted by Gasteiger charge is -2.39. The molecule has 12 heteroatoms. The number of likely N-dealkylation sites (tertiary alicyclic amines) is 2. The zero-order chi connectivity index (χ0) is 31.7. The summed E-state index contributed by atoms with van der Waals surface area (Å²) in [5.41, 5.74) is 1.27. The molecule has 3 fully saturated rings. The van der Waals surface area contributed by atoms with Crippen LogP contribution in [0.5, 0.6) is 17.2 Å². The molecule has 3 aliphatic rings. The van der Waals surface area contributed by atoms with Crippen LogP contribution in [-0.4, -0.2) is 104 Å². The van der Waals surface area contributed by atoms with Crippen molar-refractivity contribution in [2.75, 3.05) is 32.8 Å². The summed E-state index contributed by atoms with van der Waals surface area (Å²) in [7, 11) is 0. The summed E-state index contributed by atoms with van der Waals surface area (Å²) < 4.78 is 17.2. The molecule has 1 aromatic heterocycles. The van der Waals surface area contributed by atoms with E-state index in [4.69, 9.17) is 13.9 Å². The molecule has 0 amide bonds. The number of hydrogen-bond donors (Lipinski definition) is 6. The lowest BCUT2D eigenvalue weighted by Crippen LogP contribution is -2.60. The van der Waals surface area contributed by atoms with Gasteiger partial charge in [-0.15, -0.1) is 0 Å². The second-order valence-corrected chi connectivity index (χ2v) is 12.4. The van der Waals surface area contributed by atoms with Crippen molar-refractivity contribution in [1.82, 2.24) is 9.80 Å². The fraction of sp³-hybridized carbons (Fsp3) is 0.545. The lowest BCUT2D eigenvalue weighted by atomic mass is 9.97. The van der Waals surface area contributed by atoms with Crippen molar-refractivity contribution in [1.29, 1.82) is 0 Å². The largest absolute Gasteiger partial charge is 0.507 e. The number of rotatable bonds is 8. The summed E-state index contributed by atoms with van der Waals surface area (Å²) in [5, 5.41) is 62.8. The Morgan fingerprint density at radius 3 is 1.98 bits per heavy atom. The second-order valence-electron chi connectivity index (χ2n) is 12.4. The van der Waals surface area contributed by atoms with E-state index in [1.165, 1.54) is 6.26 Å². The Hall–Kier alpha value is -3.23. The maximum Gasteiger partial charge on any atom is 0.229 e. The van der Waals surface area contributed by atoms with Gasteiger partial charge in [-0.2, -0.15) is 0 Å². The van der Waals surface area contributed by atoms with E-state index in [9.17, 15) is 35.4 Å². The number of aromatic hydroxyl groups is 2. The standard InChI is InChI=1S/C33H42N2O10/c36-17-24-29(40)30(41)31(42)33(45-24)44-20-9-7-19(8-10-20)23-18-43-32-22(16-35-13-5-2-6-14-35)26(37)21(27(38)25(32)28(23)39)15-34-11-3-1-4-12-34/h7-10,18,24,29-31,33,36-38,40-42H,1-6,11-17H2/t24-,29-,30+,31-,33+/m0/s1. The molecule has 0 saturated carbocycles. The summed E-state index contributed by atoms with van der Waals surface area (Å²) >= 11 is 0. The maximum atomic E-state index is 14.0. The fourth-order valence-electron chi connectivity index (χ4n) is 6.65. The summed E-state index contributed by atoms with van der Waals surface area (Å²) in [6, 6.07) is 6.30. The van der Waals surface area contributed by atoms with Crippen molar-refractivity contribution in [2.24, 2.45) is 0 Å². The average molecular weight is 627 g/mol. The van der Waals surface area contributed by atoms with Crippen LogP contribution in [0.25, 0.3) is 22.1 Å². The third-order valence-corrected chi connectivity index (χ3v) is 9.29. The minimum atomic E-state index is -1.57. The Morgan fingerprint density at radius 2 is 1.38 bits per heavy atom. The number of phenols is 2. The maximum absolute atomic E-state index is 14.0. The van der Waals surface area contributed by atoms with Gasteiger partial charge in [-0.25, -0.2) is 0 Å². The number of aliphatic hydroxyl groups is 4. The number of ether oxygens (including phenoxy) is 2. The smallest absolute Gasteiger partial charge is 0.229 e. The van der Waals surface area contributed by atoms with E-state index in [-0.39, 0.29) is 33.8 Å². The van der Waals surface area contributed by atoms with Crippen LogP contribution in [0.4, 0.5) is 0 Å². The van der Waals surface area contributed by atoms with Crippen LogP contribution < -0.4 is 10.2 Å². The van der Waals surface area contributed by atoms with E-state index in [0.29, 0.717) is 29.8 Å². The fourth-order valence-corrected chi connectivity index (χ4v) is 6.65. The zero-order valence-electron chi connectivity index (χ0n) is 25.2. The Morgan fingerprint density at radius 1 is 0.778 bits per heavy atom. The first-order valence-electron chi connectivity index (χ1n) is 15.8. The second kappa shape index (κ2) is 13.6. The van der Waals surface area contributed by atoms with Gasteiger partial charge in [0.1, 0.15) is 58.9 Å². The number of nitrogens with zero attached hydrogens (tertiary/aromatic N) is 2. The minimum absolute atomic E-state index is 0.0262. The van der Waals surface area contributed by atoms with Crippen molar-refractivity contribution >= 4 is 11.0 Å². The average Bonchev–Trinajstić information content (AvgIpc) is 3.06. The highest BCUT2D eigenvalue weighted by Gasteiger charge is 2.44. The molecule has 5 atom stereocenters. The number of phenolic OH excluding ortho intramolecular Hbond substituents is 2. The molecule has 3 aromatic rings. The third kappa shape index (κ3) is 6.41. The molecule has 0 aliphatic carbocycles. The van der Waals surface area contributed by atoms with E-state index in [1.807, 2.05) is 0 Å². The molecule has 4 heterocycles. The van der Waals surface area contributed by atoms with Gasteiger partial charge in [-0.05, 0) is 69.6 Å². The van der Waals surface area contributed by atoms with Gasteiger partial charge in [0.05, 0.1) is 23.3 Å². The van der Waals surface area contributed by atoms with E-state index >= 15 is 0 Å². The molecule has 6 N–H and O–H groups in total. The first kappa shape index (κ1) is 31.7. The first-order chi connectivity index (χ1) is 21.8. The van der Waals surface area contributed by atoms with Crippen LogP contribution >= 0.6 is 0 Å². The van der Waals surface area contributed by atoms with Gasteiger partial charge >= 0.3 is 0 Å². The Bertz CT molecular complexity index is 1530. The van der Waals surface area contributed by atoms with E-state index in [1.54, 1.807) is 24.3 Å². The van der Waals surface area contributed by atoms with Gasteiger partial charge in [0.15, 0.2) is 0 Å². The highest BCUT2D eigenvalue weighted by molar-refractivity contribution is 5.92. The van der Waals surface area contributed by atoms with Crippen molar-refractivity contribution in [2.45, 2.75) is 82.3 Å². The van der Waals surface area contributed by atoms with Crippen LogP contribution in [-0.2, 0) is 17.8 Å². The summed E-state index contributed by atoms with van der Waals surface area (Å²) in [5.74, 6) is -0.0518. The van der Waals surface area contributed by atoms with Crippen molar-refractivity contribution < 1.29 is 44.5 Å². The molecule has 0 bridgehead atoms. The van der Waals surface area contributed by atoms with Crippen molar-refractivity contribution in [3.8, 4) is 28.4 Å². The molecular weight excluding hydrogens is 584 g/mol. The molecule has 45 heavy (non-hydrogen) atoms. The molecular formula is C33H42N2O10. The first-order valence-corrected chi connectivity index (χ1v) is 15.8. The Balaban J connectivity index is 1.33. The van der Waals surface area contributed by atoms with Crippen LogP contribution in [0, 0.1) is 0 Å². The van der Waals surface area contributed by atoms with Crippen LogP contribution in [0.1, 0.15) is 49.7 Å². The molecule has 0 radical (unpaired) electrons. The summed E-state index contributed by atoms with van der Waals surface area (Å²) in [6.45, 7) is 3.61. The SMILES string of the molecule is O=c1c(-c2ccc(O[C@@H]3O[C@@H](CO)[C@H](O)[C@@H](O)[C@@H]3O)cc2)coc2c(CN3CCCCC3)c(O)c(CN3CCCCC3)c(O)c12. The summed E-state index contributed by atoms with van der Waals surface area (Å²) in [4.78, 5) is 18.5. The number of hydrogen-bond acceptors (Lipinski definition) is 12. The van der Waals surface area contributed by atoms with E-state index < -0.39 is 42.7 Å². The molecule has 3 saturated heterocycles. The van der Waals surface area contributed by atoms with Gasteiger partial charge in [0, 0.05) is 13.1 Å². The van der Waals surface area contributed by atoms with Crippen molar-refractivity contribution in [3.63, 3.8) is 0 Å². The van der Waals surface area contributed by atoms with Gasteiger partial charge < -0.3 is 44.5 Å². The number of piperidine rings is 2. The molecule has 244 valence electrons. The van der Waals surface area contributed by atoms with Crippen molar-refractivity contribution in [3.05, 3.63) is 51.9 Å². The monoisotopic (exact) mass is 626 g/mol. The van der Waals surface area contributed by atoms with Gasteiger partial charge in [-0.3, -0.25) is 14.6 Å². The van der Waals surface area contributed by atoms with E-state index in [2.05, 4.69) is 9.80 Å². The Kier molecular flexibility index (Phi) is 9.62. The molecule has 0 spiro atoms. The molecule has 2 aromatic carbocycles. The predicted octanol–water partition coefficient (Wildman–Crippen LogP) is 2.02. The van der Waals surface area contributed by atoms with E-state index in [0.717, 1.165) is 64.7 Å². The quantitative estimate of drug-likeness (QED) is 0.215. The van der Waals surface area contributed by atoms with Gasteiger partial charge in [0.2, 0.25) is 11.7 Å². The predicted molar refractivity (Wildman–Crippen MR) is 164 cm³/mol. The number of fused-ring (bicyclic) bond motifs is 1. The topological polar surface area (TPSA) is 177 Å². The summed E-state index contributed by atoms with van der Waals surface area (Å²) in [6.07, 6.45) is 0.732. The van der Waals surface area contributed by atoms with Crippen LogP contribution in [0.15, 0.2) is 39.7 Å². The minimum Gasteiger partial charge on any atom is -0.507 e. The van der Waals surface area contributed by atoms with Crippen LogP contribution in [0.2, 0.25) is 0 Å². The van der Waals surface area contributed by atoms with Crippen LogP contribution in [0.3, 0.4) is 0 Å².